The highest BCUT2D eigenvalue weighted by atomic mass is 19.4. The quantitative estimate of drug-likeness (QED) is 0.582. The molecule has 1 aromatic heterocycles. The van der Waals surface area contributed by atoms with E-state index in [-0.39, 0.29) is 24.2 Å². The number of nitrogens with zero attached hydrogens (tertiary/aromatic N) is 3. The fourth-order valence-corrected chi connectivity index (χ4v) is 2.76. The Kier molecular flexibility index (Phi) is 4.20. The first kappa shape index (κ1) is 18.2. The number of imidazole rings is 1. The molecule has 0 bridgehead atoms. The molecule has 0 saturated carbocycles. The predicted molar refractivity (Wildman–Crippen MR) is 77.4 cm³/mol. The van der Waals surface area contributed by atoms with Crippen LogP contribution in [0, 0.1) is 5.92 Å². The zero-order valence-corrected chi connectivity index (χ0v) is 13.1. The van der Waals surface area contributed by atoms with Crippen molar-refractivity contribution in [2.24, 2.45) is 10.9 Å². The summed E-state index contributed by atoms with van der Waals surface area (Å²) in [6, 6.07) is 0. The first-order chi connectivity index (χ1) is 12.0. The molecule has 11 heteroatoms. The molecule has 0 aromatic carbocycles. The van der Waals surface area contributed by atoms with Crippen LogP contribution in [0.4, 0.5) is 26.3 Å². The molecule has 0 spiro atoms. The van der Waals surface area contributed by atoms with Crippen LogP contribution in [0.2, 0.25) is 0 Å². The fourth-order valence-electron chi connectivity index (χ4n) is 2.76. The summed E-state index contributed by atoms with van der Waals surface area (Å²) in [7, 11) is 0. The van der Waals surface area contributed by atoms with Gasteiger partial charge in [0.2, 0.25) is 0 Å². The third-order valence-electron chi connectivity index (χ3n) is 3.84. The van der Waals surface area contributed by atoms with Gasteiger partial charge in [0, 0.05) is 17.7 Å². The lowest BCUT2D eigenvalue weighted by Crippen LogP contribution is -2.36. The fraction of sp³-hybridized carbons (Fsp3) is 0.400. The molecule has 0 saturated heterocycles. The number of dihydropyridines is 1. The van der Waals surface area contributed by atoms with E-state index in [1.54, 1.807) is 6.92 Å². The number of halogens is 6. The third kappa shape index (κ3) is 3.13. The van der Waals surface area contributed by atoms with Crippen molar-refractivity contribution in [1.82, 2.24) is 9.55 Å². The Morgan fingerprint density at radius 3 is 2.50 bits per heavy atom. The molecule has 140 valence electrons. The molecule has 26 heavy (non-hydrogen) atoms. The average molecular weight is 379 g/mol. The van der Waals surface area contributed by atoms with Gasteiger partial charge < -0.3 is 9.30 Å². The molecule has 2 aliphatic rings. The summed E-state index contributed by atoms with van der Waals surface area (Å²) in [6.07, 6.45) is -8.22. The van der Waals surface area contributed by atoms with Crippen LogP contribution in [0.25, 0.3) is 6.08 Å². The van der Waals surface area contributed by atoms with E-state index in [0.717, 1.165) is 16.8 Å². The molecule has 0 aliphatic carbocycles. The molecule has 0 fully saturated rings. The smallest absolute Gasteiger partial charge is 0.432 e. The zero-order chi connectivity index (χ0) is 19.3. The second-order valence-electron chi connectivity index (χ2n) is 5.52. The van der Waals surface area contributed by atoms with Crippen molar-refractivity contribution in [1.29, 1.82) is 0 Å². The van der Waals surface area contributed by atoms with Crippen molar-refractivity contribution >= 4 is 17.8 Å². The van der Waals surface area contributed by atoms with Gasteiger partial charge in [0.1, 0.15) is 17.7 Å². The van der Waals surface area contributed by atoms with Crippen LogP contribution < -0.4 is 0 Å². The molecule has 5 nitrogen and oxygen atoms in total. The maximum Gasteiger partial charge on any atom is 0.432 e. The second kappa shape index (κ2) is 5.99. The Morgan fingerprint density at radius 2 is 1.92 bits per heavy atom. The van der Waals surface area contributed by atoms with Crippen molar-refractivity contribution in [3.63, 3.8) is 0 Å². The van der Waals surface area contributed by atoms with Gasteiger partial charge in [-0.15, -0.1) is 0 Å². The van der Waals surface area contributed by atoms with Gasteiger partial charge in [-0.1, -0.05) is 6.08 Å². The number of carbonyl (C=O) groups excluding carboxylic acids is 1. The Hall–Kier alpha value is -2.59. The van der Waals surface area contributed by atoms with Crippen molar-refractivity contribution in [3.8, 4) is 0 Å². The molecule has 3 heterocycles. The van der Waals surface area contributed by atoms with Gasteiger partial charge >= 0.3 is 18.3 Å². The highest BCUT2D eigenvalue weighted by molar-refractivity contribution is 6.01. The molecule has 2 aliphatic heterocycles. The Morgan fingerprint density at radius 1 is 1.23 bits per heavy atom. The summed E-state index contributed by atoms with van der Waals surface area (Å²) in [5, 5.41) is 0. The Labute approximate surface area is 142 Å². The largest absolute Gasteiger partial charge is 0.461 e. The number of carbonyl (C=O) groups is 1. The van der Waals surface area contributed by atoms with Gasteiger partial charge in [0.25, 0.3) is 0 Å². The number of hydrogen-bond donors (Lipinski definition) is 0. The summed E-state index contributed by atoms with van der Waals surface area (Å²) in [5.41, 5.74) is -3.23. The number of allylic oxidation sites excluding steroid dienone is 1. The van der Waals surface area contributed by atoms with E-state index in [2.05, 4.69) is 9.98 Å². The molecule has 3 rings (SSSR count). The van der Waals surface area contributed by atoms with Crippen molar-refractivity contribution < 1.29 is 35.9 Å². The van der Waals surface area contributed by atoms with Crippen LogP contribution in [-0.2, 0) is 4.74 Å². The monoisotopic (exact) mass is 379 g/mol. The van der Waals surface area contributed by atoms with E-state index in [1.165, 1.54) is 6.08 Å². The highest BCUT2D eigenvalue weighted by Gasteiger charge is 2.48. The van der Waals surface area contributed by atoms with Crippen LogP contribution in [0.5, 0.6) is 0 Å². The molecular weight excluding hydrogens is 368 g/mol. The lowest BCUT2D eigenvalue weighted by Gasteiger charge is -2.33. The maximum atomic E-state index is 13.3. The number of alkyl halides is 6. The molecule has 2 atom stereocenters. The molecule has 0 radical (unpaired) electrons. The number of fused-ring (bicyclic) bond motifs is 3. The van der Waals surface area contributed by atoms with Crippen molar-refractivity contribution in [2.45, 2.75) is 25.4 Å². The molecule has 1 aromatic rings. The number of rotatable bonds is 2. The minimum Gasteiger partial charge on any atom is -0.461 e. The number of hydrogen-bond acceptors (Lipinski definition) is 4. The van der Waals surface area contributed by atoms with E-state index < -0.39 is 41.7 Å². The molecule has 0 N–H and O–H groups in total. The lowest BCUT2D eigenvalue weighted by molar-refractivity contribution is -0.1000. The van der Waals surface area contributed by atoms with Crippen LogP contribution in [0.3, 0.4) is 0 Å². The van der Waals surface area contributed by atoms with Gasteiger partial charge in [0.05, 0.1) is 6.61 Å². The van der Waals surface area contributed by atoms with Crippen molar-refractivity contribution in [3.05, 3.63) is 35.4 Å². The summed E-state index contributed by atoms with van der Waals surface area (Å²) >= 11 is 0. The first-order valence-electron chi connectivity index (χ1n) is 7.40. The van der Waals surface area contributed by atoms with E-state index in [0.29, 0.717) is 0 Å². The number of aliphatic imine (C=N–C) groups is 1. The van der Waals surface area contributed by atoms with Crippen LogP contribution in [-0.4, -0.2) is 40.2 Å². The van der Waals surface area contributed by atoms with Gasteiger partial charge in [-0.3, -0.25) is 4.99 Å². The standard InChI is InChI=1S/C15H11F6N3O2/c1-2-26-13(25)9-6-24-11(22-9)4-3-7-8(14(16,17)18)5-10(15(19,20)21)23-12(7)24/h3-7,12H,2H2,1H3/t7-,12+/m0/s1. The minimum atomic E-state index is -5.05. The summed E-state index contributed by atoms with van der Waals surface area (Å²) in [6.45, 7) is 1.59. The van der Waals surface area contributed by atoms with Gasteiger partial charge in [-0.05, 0) is 19.1 Å². The van der Waals surface area contributed by atoms with Crippen LogP contribution in [0.1, 0.15) is 29.4 Å². The average Bonchev–Trinajstić information content (AvgIpc) is 2.97. The Bertz CT molecular complexity index is 831. The lowest BCUT2D eigenvalue weighted by atomic mass is 9.89. The predicted octanol–water partition coefficient (Wildman–Crippen LogP) is 3.71. The topological polar surface area (TPSA) is 56.5 Å². The summed E-state index contributed by atoms with van der Waals surface area (Å²) in [5.74, 6) is -2.28. The summed E-state index contributed by atoms with van der Waals surface area (Å²) < 4.78 is 84.6. The summed E-state index contributed by atoms with van der Waals surface area (Å²) in [4.78, 5) is 19.1. The second-order valence-corrected chi connectivity index (χ2v) is 5.52. The highest BCUT2D eigenvalue weighted by Crippen LogP contribution is 2.45. The maximum absolute atomic E-state index is 13.3. The van der Waals surface area contributed by atoms with E-state index in [1.807, 2.05) is 0 Å². The third-order valence-corrected chi connectivity index (χ3v) is 3.84. The minimum absolute atomic E-state index is 0.0136. The normalized spacial score (nSPS) is 22.3. The van der Waals surface area contributed by atoms with E-state index >= 15 is 0 Å². The van der Waals surface area contributed by atoms with E-state index in [4.69, 9.17) is 4.74 Å². The van der Waals surface area contributed by atoms with E-state index in [9.17, 15) is 31.1 Å². The van der Waals surface area contributed by atoms with Gasteiger partial charge in [0.15, 0.2) is 5.69 Å². The van der Waals surface area contributed by atoms with Crippen molar-refractivity contribution in [2.75, 3.05) is 6.61 Å². The van der Waals surface area contributed by atoms with Gasteiger partial charge in [-0.25, -0.2) is 9.78 Å². The van der Waals surface area contributed by atoms with Crippen LogP contribution in [0.15, 0.2) is 28.9 Å². The SMILES string of the molecule is CCOC(=O)c1cn2c(n1)C=C[C@H]1C(C(F)(F)F)=CC(C(F)(F)F)=N[C@@H]12. The molecule has 0 unspecified atom stereocenters. The van der Waals surface area contributed by atoms with Crippen LogP contribution >= 0.6 is 0 Å². The zero-order valence-electron chi connectivity index (χ0n) is 13.1. The number of esters is 1. The number of ether oxygens (including phenoxy) is 1. The van der Waals surface area contributed by atoms with Gasteiger partial charge in [-0.2, -0.15) is 26.3 Å². The molecule has 0 amide bonds. The first-order valence-corrected chi connectivity index (χ1v) is 7.40. The number of aromatic nitrogens is 2. The Balaban J connectivity index is 2.09. The molecular formula is C15H11F6N3O2.